The third-order valence-corrected chi connectivity index (χ3v) is 5.79. The average molecular weight is 412 g/mol. The summed E-state index contributed by atoms with van der Waals surface area (Å²) in [6.07, 6.45) is 1.39. The smallest absolute Gasteiger partial charge is 0.292 e. The summed E-state index contributed by atoms with van der Waals surface area (Å²) in [5, 5.41) is 2.06. The number of anilines is 1. The summed E-state index contributed by atoms with van der Waals surface area (Å²) in [4.78, 5) is 29.5. The first-order valence-corrected chi connectivity index (χ1v) is 9.94. The lowest BCUT2D eigenvalue weighted by atomic mass is 10.2. The van der Waals surface area contributed by atoms with Crippen molar-refractivity contribution in [3.8, 4) is 0 Å². The molecule has 4 N–H and O–H groups in total. The Labute approximate surface area is 157 Å². The summed E-state index contributed by atoms with van der Waals surface area (Å²) < 4.78 is 0.937. The number of halogens is 1. The Morgan fingerprint density at radius 1 is 1.16 bits per heavy atom. The molecule has 1 aromatic carbocycles. The summed E-state index contributed by atoms with van der Waals surface area (Å²) in [6.45, 7) is 7.04. The number of piperazine rings is 1. The highest BCUT2D eigenvalue weighted by molar-refractivity contribution is 9.10. The van der Waals surface area contributed by atoms with Gasteiger partial charge in [0.05, 0.1) is 32.2 Å². The van der Waals surface area contributed by atoms with Crippen LogP contribution < -0.4 is 20.0 Å². The van der Waals surface area contributed by atoms with E-state index < -0.39 is 0 Å². The normalized spacial score (nSPS) is 27.1. The first-order chi connectivity index (χ1) is 12.0. The maximum Gasteiger partial charge on any atom is 0.292 e. The molecule has 7 heteroatoms. The summed E-state index contributed by atoms with van der Waals surface area (Å²) in [5.74, 6) is -0.177. The number of rotatable bonds is 6. The van der Waals surface area contributed by atoms with E-state index in [1.54, 1.807) is 21.9 Å². The summed E-state index contributed by atoms with van der Waals surface area (Å²) >= 11 is 3.38. The highest BCUT2D eigenvalue weighted by Gasteiger charge is 2.42. The van der Waals surface area contributed by atoms with E-state index in [9.17, 15) is 9.59 Å². The lowest BCUT2D eigenvalue weighted by Crippen LogP contribution is -3.27. The molecule has 0 unspecified atom stereocenters. The predicted molar refractivity (Wildman–Crippen MR) is 98.6 cm³/mol. The molecule has 0 bridgehead atoms. The molecule has 0 radical (unpaired) electrons. The molecule has 0 spiro atoms. The van der Waals surface area contributed by atoms with Crippen LogP contribution in [0.1, 0.15) is 12.8 Å². The molecule has 136 valence electrons. The molecule has 25 heavy (non-hydrogen) atoms. The number of hydrogen-bond donors (Lipinski definition) is 3. The molecule has 3 rings (SSSR count). The lowest BCUT2D eigenvalue weighted by Gasteiger charge is -2.27. The monoisotopic (exact) mass is 411 g/mol. The Morgan fingerprint density at radius 2 is 1.84 bits per heavy atom. The first kappa shape index (κ1) is 18.5. The molecule has 2 fully saturated rings. The van der Waals surface area contributed by atoms with Crippen LogP contribution in [0.3, 0.4) is 0 Å². The van der Waals surface area contributed by atoms with Crippen LogP contribution in [0.2, 0.25) is 0 Å². The van der Waals surface area contributed by atoms with E-state index in [4.69, 9.17) is 0 Å². The zero-order valence-electron chi connectivity index (χ0n) is 14.8. The van der Waals surface area contributed by atoms with Crippen molar-refractivity contribution in [2.45, 2.75) is 18.9 Å². The molecule has 2 heterocycles. The van der Waals surface area contributed by atoms with E-state index in [-0.39, 0.29) is 17.9 Å². The second-order valence-corrected chi connectivity index (χ2v) is 8.11. The van der Waals surface area contributed by atoms with Gasteiger partial charge in [-0.25, -0.2) is 4.90 Å². The molecule has 1 atom stereocenters. The molecule has 0 aromatic heterocycles. The fraction of sp³-hybridized carbons (Fsp3) is 0.556. The van der Waals surface area contributed by atoms with Crippen LogP contribution in [0.15, 0.2) is 28.7 Å². The summed E-state index contributed by atoms with van der Waals surface area (Å²) in [7, 11) is 2.25. The second-order valence-electron chi connectivity index (χ2n) is 7.19. The molecule has 2 aliphatic heterocycles. The van der Waals surface area contributed by atoms with Crippen molar-refractivity contribution in [3.63, 3.8) is 0 Å². The van der Waals surface area contributed by atoms with Gasteiger partial charge in [0.15, 0.2) is 6.04 Å². The van der Waals surface area contributed by atoms with Crippen molar-refractivity contribution in [1.29, 1.82) is 0 Å². The van der Waals surface area contributed by atoms with Crippen molar-refractivity contribution in [1.82, 2.24) is 0 Å². The molecule has 0 aliphatic carbocycles. The Bertz CT molecular complexity index is 614. The minimum absolute atomic E-state index is 0.0807. The van der Waals surface area contributed by atoms with Crippen LogP contribution in [-0.2, 0) is 9.59 Å². The van der Waals surface area contributed by atoms with Gasteiger partial charge in [0.2, 0.25) is 5.91 Å². The van der Waals surface area contributed by atoms with Gasteiger partial charge in [-0.3, -0.25) is 9.59 Å². The third-order valence-electron chi connectivity index (χ3n) is 5.26. The van der Waals surface area contributed by atoms with Crippen molar-refractivity contribution in [2.75, 3.05) is 51.2 Å². The SMILES string of the molecule is C[NH+]1CC[NH+](CCC[NH2+][C@H]2CC(=O)N(c3ccc(Br)cc3)C2=O)CC1. The van der Waals surface area contributed by atoms with Crippen LogP contribution in [0.5, 0.6) is 0 Å². The summed E-state index contributed by atoms with van der Waals surface area (Å²) in [5.41, 5.74) is 0.665. The van der Waals surface area contributed by atoms with Gasteiger partial charge >= 0.3 is 0 Å². The summed E-state index contributed by atoms with van der Waals surface area (Å²) in [6, 6.07) is 7.06. The number of nitrogens with zero attached hydrogens (tertiary/aromatic N) is 1. The van der Waals surface area contributed by atoms with Crippen molar-refractivity contribution < 1.29 is 24.7 Å². The Morgan fingerprint density at radius 3 is 2.52 bits per heavy atom. The van der Waals surface area contributed by atoms with Crippen LogP contribution in [0, 0.1) is 0 Å². The van der Waals surface area contributed by atoms with Crippen LogP contribution >= 0.6 is 15.9 Å². The Hall–Kier alpha value is -1.28. The molecule has 6 nitrogen and oxygen atoms in total. The number of quaternary nitrogens is 3. The van der Waals surface area contributed by atoms with Crippen molar-refractivity contribution in [2.24, 2.45) is 0 Å². The van der Waals surface area contributed by atoms with Gasteiger partial charge in [0.25, 0.3) is 5.91 Å². The zero-order chi connectivity index (χ0) is 17.8. The first-order valence-electron chi connectivity index (χ1n) is 9.15. The van der Waals surface area contributed by atoms with Crippen molar-refractivity contribution in [3.05, 3.63) is 28.7 Å². The number of imide groups is 1. The Balaban J connectivity index is 1.45. The Kier molecular flexibility index (Phi) is 6.22. The number of likely N-dealkylation sites (N-methyl/N-ethyl adjacent to an activating group) is 1. The lowest BCUT2D eigenvalue weighted by molar-refractivity contribution is -1.00. The number of nitrogens with two attached hydrogens (primary N) is 1. The third kappa shape index (κ3) is 4.67. The maximum atomic E-state index is 12.6. The van der Waals surface area contributed by atoms with E-state index in [0.29, 0.717) is 12.1 Å². The number of hydrogen-bond acceptors (Lipinski definition) is 2. The van der Waals surface area contributed by atoms with Crippen LogP contribution in [0.4, 0.5) is 5.69 Å². The minimum atomic E-state index is -0.261. The van der Waals surface area contributed by atoms with Gasteiger partial charge in [-0.15, -0.1) is 0 Å². The van der Waals surface area contributed by atoms with E-state index in [1.807, 2.05) is 12.1 Å². The van der Waals surface area contributed by atoms with Gasteiger partial charge in [-0.05, 0) is 24.3 Å². The molecular formula is C18H28BrN4O2+3. The van der Waals surface area contributed by atoms with Gasteiger partial charge in [-0.1, -0.05) is 15.9 Å². The quantitative estimate of drug-likeness (QED) is 0.356. The highest BCUT2D eigenvalue weighted by Crippen LogP contribution is 2.23. The number of benzene rings is 1. The molecule has 0 saturated carbocycles. The van der Waals surface area contributed by atoms with Gasteiger partial charge < -0.3 is 15.1 Å². The van der Waals surface area contributed by atoms with E-state index in [1.165, 1.54) is 31.1 Å². The van der Waals surface area contributed by atoms with Crippen LogP contribution in [0.25, 0.3) is 0 Å². The van der Waals surface area contributed by atoms with E-state index in [0.717, 1.165) is 24.0 Å². The largest absolute Gasteiger partial charge is 0.335 e. The topological polar surface area (TPSA) is 62.9 Å². The van der Waals surface area contributed by atoms with E-state index in [2.05, 4.69) is 28.3 Å². The predicted octanol–water partition coefficient (Wildman–Crippen LogP) is -2.55. The molecule has 2 saturated heterocycles. The zero-order valence-corrected chi connectivity index (χ0v) is 16.3. The fourth-order valence-corrected chi connectivity index (χ4v) is 3.92. The fourth-order valence-electron chi connectivity index (χ4n) is 3.65. The minimum Gasteiger partial charge on any atom is -0.335 e. The molecule has 2 aliphatic rings. The van der Waals surface area contributed by atoms with Crippen LogP contribution in [-0.4, -0.2) is 64.2 Å². The maximum absolute atomic E-state index is 12.6. The molecule has 1 aromatic rings. The number of nitrogens with one attached hydrogen (secondary N) is 2. The molecular weight excluding hydrogens is 384 g/mol. The standard InChI is InChI=1S/C18H25BrN4O2/c1-21-9-11-22(12-10-21)8-2-7-20-16-13-17(24)23(18(16)25)15-5-3-14(19)4-6-15/h3-6,16,20H,2,7-13H2,1H3/p+3/t16-/m0/s1. The van der Waals surface area contributed by atoms with Gasteiger partial charge in [0, 0.05) is 10.9 Å². The highest BCUT2D eigenvalue weighted by atomic mass is 79.9. The number of amides is 2. The van der Waals surface area contributed by atoms with Gasteiger partial charge in [0.1, 0.15) is 26.2 Å². The number of carbonyl (C=O) groups excluding carboxylic acids is 2. The second kappa shape index (κ2) is 8.40. The molecule has 2 amide bonds. The average Bonchev–Trinajstić information content (AvgIpc) is 2.88. The van der Waals surface area contributed by atoms with Crippen molar-refractivity contribution >= 4 is 33.4 Å². The number of carbonyl (C=O) groups is 2. The van der Waals surface area contributed by atoms with E-state index >= 15 is 0 Å². The van der Waals surface area contributed by atoms with Gasteiger partial charge in [-0.2, -0.15) is 0 Å².